The van der Waals surface area contributed by atoms with Crippen LogP contribution in [0.5, 0.6) is 0 Å². The number of hydrogen-bond donors (Lipinski definition) is 1. The minimum absolute atomic E-state index is 0.0598. The Hall–Kier alpha value is -2.28. The van der Waals surface area contributed by atoms with E-state index in [9.17, 15) is 8.42 Å². The zero-order chi connectivity index (χ0) is 22.1. The maximum atomic E-state index is 12.4. The van der Waals surface area contributed by atoms with Crippen LogP contribution in [-0.4, -0.2) is 24.4 Å². The highest BCUT2D eigenvalue weighted by molar-refractivity contribution is 7.89. The SMILES string of the molecule is CC(C)NS(=O)(=O)c1ccc(-c2cncc(-c3ccnc(C(C)(C)C)c3)c2)c(Cl)c1. The lowest BCUT2D eigenvalue weighted by atomic mass is 9.90. The van der Waals surface area contributed by atoms with Gasteiger partial charge in [-0.1, -0.05) is 38.4 Å². The van der Waals surface area contributed by atoms with E-state index in [-0.39, 0.29) is 16.4 Å². The molecule has 0 amide bonds. The maximum absolute atomic E-state index is 12.4. The van der Waals surface area contributed by atoms with Gasteiger partial charge >= 0.3 is 0 Å². The molecule has 0 bridgehead atoms. The predicted octanol–water partition coefficient (Wildman–Crippen LogP) is 5.45. The molecule has 0 spiro atoms. The van der Waals surface area contributed by atoms with Crippen LogP contribution in [0, 0.1) is 0 Å². The van der Waals surface area contributed by atoms with Gasteiger partial charge in [0.15, 0.2) is 0 Å². The molecule has 0 radical (unpaired) electrons. The molecule has 158 valence electrons. The number of hydrogen-bond acceptors (Lipinski definition) is 4. The minimum atomic E-state index is -3.61. The quantitative estimate of drug-likeness (QED) is 0.569. The molecule has 2 aromatic heterocycles. The number of nitrogens with zero attached hydrogens (tertiary/aromatic N) is 2. The number of aromatic nitrogens is 2. The van der Waals surface area contributed by atoms with Crippen molar-refractivity contribution in [2.75, 3.05) is 0 Å². The Morgan fingerprint density at radius 3 is 2.30 bits per heavy atom. The van der Waals surface area contributed by atoms with Crippen molar-refractivity contribution < 1.29 is 8.42 Å². The van der Waals surface area contributed by atoms with Crippen LogP contribution >= 0.6 is 11.6 Å². The smallest absolute Gasteiger partial charge is 0.240 e. The van der Waals surface area contributed by atoms with E-state index in [4.69, 9.17) is 11.6 Å². The first-order valence-corrected chi connectivity index (χ1v) is 11.6. The largest absolute Gasteiger partial charge is 0.263 e. The summed E-state index contributed by atoms with van der Waals surface area (Å²) < 4.78 is 27.4. The minimum Gasteiger partial charge on any atom is -0.263 e. The average molecular weight is 444 g/mol. The van der Waals surface area contributed by atoms with Crippen molar-refractivity contribution in [2.45, 2.75) is 51.0 Å². The average Bonchev–Trinajstić information content (AvgIpc) is 2.66. The molecule has 3 aromatic rings. The first-order chi connectivity index (χ1) is 14.0. The van der Waals surface area contributed by atoms with Crippen molar-refractivity contribution in [3.05, 3.63) is 65.7 Å². The number of halogens is 1. The lowest BCUT2D eigenvalue weighted by Gasteiger charge is -2.18. The van der Waals surface area contributed by atoms with Gasteiger partial charge in [0.05, 0.1) is 4.90 Å². The van der Waals surface area contributed by atoms with Gasteiger partial charge in [0.1, 0.15) is 0 Å². The van der Waals surface area contributed by atoms with E-state index < -0.39 is 10.0 Å². The molecule has 0 aliphatic rings. The summed E-state index contributed by atoms with van der Waals surface area (Å²) >= 11 is 6.46. The van der Waals surface area contributed by atoms with Crippen LogP contribution in [0.15, 0.2) is 59.9 Å². The molecule has 1 aromatic carbocycles. The third-order valence-electron chi connectivity index (χ3n) is 4.55. The van der Waals surface area contributed by atoms with E-state index in [0.717, 1.165) is 27.9 Å². The van der Waals surface area contributed by atoms with Crippen LogP contribution < -0.4 is 4.72 Å². The first kappa shape index (κ1) is 22.4. The molecular formula is C23H26ClN3O2S. The Kier molecular flexibility index (Phi) is 6.32. The molecule has 0 atom stereocenters. The predicted molar refractivity (Wildman–Crippen MR) is 122 cm³/mol. The highest BCUT2D eigenvalue weighted by atomic mass is 35.5. The highest BCUT2D eigenvalue weighted by Gasteiger charge is 2.18. The number of nitrogens with one attached hydrogen (secondary N) is 1. The van der Waals surface area contributed by atoms with Gasteiger partial charge in [-0.25, -0.2) is 13.1 Å². The zero-order valence-electron chi connectivity index (χ0n) is 17.8. The Bertz CT molecular complexity index is 1170. The van der Waals surface area contributed by atoms with Crippen LogP contribution in [0.2, 0.25) is 5.02 Å². The summed E-state index contributed by atoms with van der Waals surface area (Å²) in [6, 6.07) is 10.6. The molecule has 30 heavy (non-hydrogen) atoms. The standard InChI is InChI=1S/C23H26ClN3O2S/c1-15(2)27-30(28,29)19-6-7-20(21(24)12-19)18-10-17(13-25-14-18)16-8-9-26-22(11-16)23(3,4)5/h6-15,27H,1-5H3. The summed E-state index contributed by atoms with van der Waals surface area (Å²) in [5.74, 6) is 0. The summed E-state index contributed by atoms with van der Waals surface area (Å²) in [7, 11) is -3.61. The third-order valence-corrected chi connectivity index (χ3v) is 6.52. The molecule has 3 rings (SSSR count). The van der Waals surface area contributed by atoms with Gasteiger partial charge in [-0.05, 0) is 49.7 Å². The maximum Gasteiger partial charge on any atom is 0.240 e. The molecule has 0 aliphatic carbocycles. The Balaban J connectivity index is 1.99. The highest BCUT2D eigenvalue weighted by Crippen LogP contribution is 2.33. The Morgan fingerprint density at radius 2 is 1.67 bits per heavy atom. The molecule has 7 heteroatoms. The van der Waals surface area contributed by atoms with Crippen LogP contribution in [0.3, 0.4) is 0 Å². The summed E-state index contributed by atoms with van der Waals surface area (Å²) in [5.41, 5.74) is 4.42. The van der Waals surface area contributed by atoms with Crippen molar-refractivity contribution in [2.24, 2.45) is 0 Å². The van der Waals surface area contributed by atoms with Crippen LogP contribution in [0.25, 0.3) is 22.3 Å². The van der Waals surface area contributed by atoms with E-state index >= 15 is 0 Å². The van der Waals surface area contributed by atoms with Gasteiger partial charge in [-0.3, -0.25) is 9.97 Å². The molecule has 0 aliphatic heterocycles. The fraction of sp³-hybridized carbons (Fsp3) is 0.304. The topological polar surface area (TPSA) is 72.0 Å². The fourth-order valence-electron chi connectivity index (χ4n) is 3.04. The molecule has 0 saturated heterocycles. The fourth-order valence-corrected chi connectivity index (χ4v) is 4.67. The van der Waals surface area contributed by atoms with E-state index in [0.29, 0.717) is 5.02 Å². The third kappa shape index (κ3) is 5.06. The number of benzene rings is 1. The van der Waals surface area contributed by atoms with Gasteiger partial charge in [0.2, 0.25) is 10.0 Å². The van der Waals surface area contributed by atoms with Crippen molar-refractivity contribution in [1.82, 2.24) is 14.7 Å². The van der Waals surface area contributed by atoms with E-state index in [2.05, 4.69) is 41.5 Å². The van der Waals surface area contributed by atoms with Gasteiger partial charge < -0.3 is 0 Å². The first-order valence-electron chi connectivity index (χ1n) is 9.71. The second-order valence-electron chi connectivity index (χ2n) is 8.56. The van der Waals surface area contributed by atoms with Crippen molar-refractivity contribution in [3.8, 4) is 22.3 Å². The summed E-state index contributed by atoms with van der Waals surface area (Å²) in [6.45, 7) is 9.91. The molecule has 0 unspecified atom stereocenters. The molecule has 2 heterocycles. The Morgan fingerprint density at radius 1 is 0.967 bits per heavy atom. The van der Waals surface area contributed by atoms with Crippen LogP contribution in [0.4, 0.5) is 0 Å². The van der Waals surface area contributed by atoms with Gasteiger partial charge in [-0.15, -0.1) is 0 Å². The monoisotopic (exact) mass is 443 g/mol. The summed E-state index contributed by atoms with van der Waals surface area (Å²) in [4.78, 5) is 8.99. The molecular weight excluding hydrogens is 418 g/mol. The van der Waals surface area contributed by atoms with Crippen LogP contribution in [0.1, 0.15) is 40.3 Å². The molecule has 5 nitrogen and oxygen atoms in total. The summed E-state index contributed by atoms with van der Waals surface area (Å²) in [6.07, 6.45) is 5.32. The van der Waals surface area contributed by atoms with Crippen molar-refractivity contribution in [1.29, 1.82) is 0 Å². The van der Waals surface area contributed by atoms with E-state index in [1.807, 2.05) is 12.1 Å². The van der Waals surface area contributed by atoms with Gasteiger partial charge in [-0.2, -0.15) is 0 Å². The second-order valence-corrected chi connectivity index (χ2v) is 10.7. The molecule has 0 saturated carbocycles. The van der Waals surface area contributed by atoms with Gasteiger partial charge in [0.25, 0.3) is 0 Å². The normalized spacial score (nSPS) is 12.4. The second kappa shape index (κ2) is 8.46. The van der Waals surface area contributed by atoms with Crippen molar-refractivity contribution >= 4 is 21.6 Å². The molecule has 1 N–H and O–H groups in total. The molecule has 0 fully saturated rings. The van der Waals surface area contributed by atoms with E-state index in [1.54, 1.807) is 44.6 Å². The number of rotatable bonds is 5. The van der Waals surface area contributed by atoms with E-state index in [1.165, 1.54) is 6.07 Å². The Labute approximate surface area is 183 Å². The zero-order valence-corrected chi connectivity index (χ0v) is 19.3. The lowest BCUT2D eigenvalue weighted by Crippen LogP contribution is -2.30. The summed E-state index contributed by atoms with van der Waals surface area (Å²) in [5, 5.41) is 0.352. The van der Waals surface area contributed by atoms with Crippen molar-refractivity contribution in [3.63, 3.8) is 0 Å². The van der Waals surface area contributed by atoms with Crippen LogP contribution in [-0.2, 0) is 15.4 Å². The number of sulfonamides is 1. The lowest BCUT2D eigenvalue weighted by molar-refractivity contribution is 0.569. The van der Waals surface area contributed by atoms with Gasteiger partial charge in [0, 0.05) is 57.5 Å². The number of pyridine rings is 2.